The van der Waals surface area contributed by atoms with Crippen molar-refractivity contribution < 1.29 is 0 Å². The first-order valence-corrected chi connectivity index (χ1v) is 6.68. The van der Waals surface area contributed by atoms with Crippen LogP contribution in [0.15, 0.2) is 15.9 Å². The minimum atomic E-state index is 1.11. The highest BCUT2D eigenvalue weighted by molar-refractivity contribution is 9.11. The highest BCUT2D eigenvalue weighted by atomic mass is 79.9. The number of rotatable bonds is 1. The predicted molar refractivity (Wildman–Crippen MR) is 68.4 cm³/mol. The topological polar surface area (TPSA) is 15.3 Å². The van der Waals surface area contributed by atoms with E-state index in [2.05, 4.69) is 38.3 Å². The second-order valence-corrected chi connectivity index (χ2v) is 5.26. The zero-order valence-corrected chi connectivity index (χ0v) is 11.1. The van der Waals surface area contributed by atoms with Crippen molar-refractivity contribution in [2.75, 3.05) is 31.1 Å². The average molecular weight is 277 g/mol. The van der Waals surface area contributed by atoms with Crippen LogP contribution in [0.2, 0.25) is 0 Å². The molecule has 1 aromatic rings. The Hall–Kier alpha value is -0.0600. The van der Waals surface area contributed by atoms with Gasteiger partial charge in [-0.25, -0.2) is 0 Å². The maximum absolute atomic E-state index is 3.47. The first-order valence-electron chi connectivity index (χ1n) is 5.07. The second kappa shape index (κ2) is 6.43. The maximum atomic E-state index is 3.47. The SMILES string of the molecule is Brc1ccc(N2CCNCC2)s1.CC. The zero-order valence-electron chi connectivity index (χ0n) is 8.72. The van der Waals surface area contributed by atoms with Crippen LogP contribution in [0.25, 0.3) is 0 Å². The summed E-state index contributed by atoms with van der Waals surface area (Å²) in [5, 5.41) is 4.72. The maximum Gasteiger partial charge on any atom is 0.0921 e. The summed E-state index contributed by atoms with van der Waals surface area (Å²) in [5.41, 5.74) is 0. The van der Waals surface area contributed by atoms with Crippen molar-refractivity contribution in [3.8, 4) is 0 Å². The third-order valence-electron chi connectivity index (χ3n) is 1.99. The molecule has 2 heterocycles. The molecular formula is C10H17BrN2S. The molecule has 0 unspecified atom stereocenters. The van der Waals surface area contributed by atoms with Gasteiger partial charge in [-0.2, -0.15) is 0 Å². The van der Waals surface area contributed by atoms with Gasteiger partial charge in [-0.1, -0.05) is 13.8 Å². The first-order chi connectivity index (χ1) is 6.86. The molecule has 0 atom stereocenters. The van der Waals surface area contributed by atoms with E-state index in [1.165, 1.54) is 8.79 Å². The standard InChI is InChI=1S/C8H11BrN2S.C2H6/c9-7-1-2-8(12-7)11-5-3-10-4-6-11;1-2/h1-2,10H,3-6H2;1-2H3. The van der Waals surface area contributed by atoms with E-state index < -0.39 is 0 Å². The molecule has 1 aliphatic rings. The number of anilines is 1. The third-order valence-corrected chi connectivity index (χ3v) is 3.67. The molecule has 1 aromatic heterocycles. The smallest absolute Gasteiger partial charge is 0.0921 e. The molecule has 0 spiro atoms. The van der Waals surface area contributed by atoms with Gasteiger partial charge in [-0.15, -0.1) is 11.3 Å². The molecule has 0 saturated carbocycles. The molecule has 1 fully saturated rings. The van der Waals surface area contributed by atoms with Crippen LogP contribution in [0.3, 0.4) is 0 Å². The quantitative estimate of drug-likeness (QED) is 0.849. The zero-order chi connectivity index (χ0) is 10.4. The Labute approximate surface area is 98.4 Å². The van der Waals surface area contributed by atoms with Gasteiger partial charge in [0.1, 0.15) is 0 Å². The molecule has 1 N–H and O–H groups in total. The number of piperazine rings is 1. The van der Waals surface area contributed by atoms with Crippen LogP contribution in [-0.2, 0) is 0 Å². The van der Waals surface area contributed by atoms with Crippen LogP contribution < -0.4 is 10.2 Å². The molecule has 0 aliphatic carbocycles. The molecule has 0 amide bonds. The third kappa shape index (κ3) is 3.26. The molecule has 1 aliphatic heterocycles. The number of halogens is 1. The van der Waals surface area contributed by atoms with Crippen molar-refractivity contribution in [3.05, 3.63) is 15.9 Å². The molecule has 80 valence electrons. The molecule has 0 aromatic carbocycles. The van der Waals surface area contributed by atoms with Crippen LogP contribution >= 0.6 is 27.3 Å². The predicted octanol–water partition coefficient (Wildman–Crippen LogP) is 2.95. The first kappa shape index (κ1) is 12.0. The lowest BCUT2D eigenvalue weighted by Crippen LogP contribution is -2.43. The fourth-order valence-electron chi connectivity index (χ4n) is 1.36. The van der Waals surface area contributed by atoms with Gasteiger partial charge in [0, 0.05) is 26.2 Å². The van der Waals surface area contributed by atoms with Crippen LogP contribution in [0, 0.1) is 0 Å². The van der Waals surface area contributed by atoms with Gasteiger partial charge in [0.25, 0.3) is 0 Å². The molecule has 2 nitrogen and oxygen atoms in total. The van der Waals surface area contributed by atoms with E-state index >= 15 is 0 Å². The van der Waals surface area contributed by atoms with E-state index in [4.69, 9.17) is 0 Å². The summed E-state index contributed by atoms with van der Waals surface area (Å²) in [4.78, 5) is 2.42. The minimum Gasteiger partial charge on any atom is -0.361 e. The molecule has 1 saturated heterocycles. The van der Waals surface area contributed by atoms with Gasteiger partial charge in [-0.3, -0.25) is 0 Å². The highest BCUT2D eigenvalue weighted by Crippen LogP contribution is 2.29. The Morgan fingerprint density at radius 3 is 2.43 bits per heavy atom. The molecule has 0 radical (unpaired) electrons. The summed E-state index contributed by atoms with van der Waals surface area (Å²) >= 11 is 5.28. The Morgan fingerprint density at radius 2 is 1.93 bits per heavy atom. The van der Waals surface area contributed by atoms with Crippen molar-refractivity contribution in [3.63, 3.8) is 0 Å². The molecule has 4 heteroatoms. The van der Waals surface area contributed by atoms with Crippen LogP contribution in [0.5, 0.6) is 0 Å². The molecule has 2 rings (SSSR count). The van der Waals surface area contributed by atoms with Crippen molar-refractivity contribution in [2.45, 2.75) is 13.8 Å². The summed E-state index contributed by atoms with van der Waals surface area (Å²) in [5.74, 6) is 0. The fraction of sp³-hybridized carbons (Fsp3) is 0.600. The van der Waals surface area contributed by atoms with Gasteiger partial charge >= 0.3 is 0 Å². The van der Waals surface area contributed by atoms with E-state index in [0.717, 1.165) is 26.2 Å². The van der Waals surface area contributed by atoms with Gasteiger partial charge in [0.05, 0.1) is 8.79 Å². The Kier molecular flexibility index (Phi) is 5.52. The summed E-state index contributed by atoms with van der Waals surface area (Å²) in [6.45, 7) is 8.48. The summed E-state index contributed by atoms with van der Waals surface area (Å²) in [6.07, 6.45) is 0. The van der Waals surface area contributed by atoms with Crippen molar-refractivity contribution in [1.82, 2.24) is 5.32 Å². The minimum absolute atomic E-state index is 1.11. The van der Waals surface area contributed by atoms with Gasteiger partial charge < -0.3 is 10.2 Å². The lowest BCUT2D eigenvalue weighted by atomic mass is 10.4. The number of hydrogen-bond donors (Lipinski definition) is 1. The average Bonchev–Trinajstić information content (AvgIpc) is 2.69. The van der Waals surface area contributed by atoms with Crippen molar-refractivity contribution in [1.29, 1.82) is 0 Å². The van der Waals surface area contributed by atoms with Gasteiger partial charge in [0.2, 0.25) is 0 Å². The number of nitrogens with one attached hydrogen (secondary N) is 1. The van der Waals surface area contributed by atoms with E-state index in [9.17, 15) is 0 Å². The van der Waals surface area contributed by atoms with Crippen molar-refractivity contribution >= 4 is 32.3 Å². The monoisotopic (exact) mass is 276 g/mol. The fourth-order valence-corrected chi connectivity index (χ4v) is 2.77. The van der Waals surface area contributed by atoms with Gasteiger partial charge in [-0.05, 0) is 28.1 Å². The van der Waals surface area contributed by atoms with E-state index in [1.54, 1.807) is 0 Å². The normalized spacial score (nSPS) is 16.1. The summed E-state index contributed by atoms with van der Waals surface area (Å²) in [6, 6.07) is 4.29. The number of nitrogens with zero attached hydrogens (tertiary/aromatic N) is 1. The van der Waals surface area contributed by atoms with E-state index in [-0.39, 0.29) is 0 Å². The lowest BCUT2D eigenvalue weighted by molar-refractivity contribution is 0.592. The number of hydrogen-bond acceptors (Lipinski definition) is 3. The highest BCUT2D eigenvalue weighted by Gasteiger charge is 2.11. The van der Waals surface area contributed by atoms with Gasteiger partial charge in [0.15, 0.2) is 0 Å². The Bertz CT molecular complexity index is 256. The van der Waals surface area contributed by atoms with Crippen molar-refractivity contribution in [2.24, 2.45) is 0 Å². The molecule has 0 bridgehead atoms. The molecular weight excluding hydrogens is 260 g/mol. The number of thiophene rings is 1. The lowest BCUT2D eigenvalue weighted by Gasteiger charge is -2.27. The van der Waals surface area contributed by atoms with Crippen LogP contribution in [0.4, 0.5) is 5.00 Å². The second-order valence-electron chi connectivity index (χ2n) is 2.81. The summed E-state index contributed by atoms with van der Waals surface area (Å²) in [7, 11) is 0. The molecule has 14 heavy (non-hydrogen) atoms. The van der Waals surface area contributed by atoms with Crippen LogP contribution in [0.1, 0.15) is 13.8 Å². The van der Waals surface area contributed by atoms with Crippen LogP contribution in [-0.4, -0.2) is 26.2 Å². The largest absolute Gasteiger partial charge is 0.361 e. The van der Waals surface area contributed by atoms with E-state index in [1.807, 2.05) is 25.2 Å². The Balaban J connectivity index is 0.000000461. The summed E-state index contributed by atoms with van der Waals surface area (Å²) < 4.78 is 1.22. The Morgan fingerprint density at radius 1 is 1.29 bits per heavy atom. The van der Waals surface area contributed by atoms with E-state index in [0.29, 0.717) is 0 Å².